The topological polar surface area (TPSA) is 32.3 Å². The fourth-order valence-electron chi connectivity index (χ4n) is 1.72. The number of rotatable bonds is 3. The number of aromatic hydroxyl groups is 1. The molecule has 18 heavy (non-hydrogen) atoms. The van der Waals surface area contributed by atoms with Gasteiger partial charge in [0, 0.05) is 12.2 Å². The van der Waals surface area contributed by atoms with E-state index in [4.69, 9.17) is 11.6 Å². The lowest BCUT2D eigenvalue weighted by Gasteiger charge is -2.09. The summed E-state index contributed by atoms with van der Waals surface area (Å²) in [6.07, 6.45) is 0. The Morgan fingerprint density at radius 3 is 2.50 bits per heavy atom. The van der Waals surface area contributed by atoms with E-state index in [2.05, 4.69) is 37.4 Å². The number of anilines is 1. The molecule has 94 valence electrons. The van der Waals surface area contributed by atoms with Crippen LogP contribution in [-0.4, -0.2) is 5.11 Å². The van der Waals surface area contributed by atoms with E-state index in [-0.39, 0.29) is 5.75 Å². The average Bonchev–Trinajstić information content (AvgIpc) is 2.35. The Morgan fingerprint density at radius 2 is 1.83 bits per heavy atom. The van der Waals surface area contributed by atoms with Crippen molar-refractivity contribution in [2.75, 3.05) is 5.32 Å². The Morgan fingerprint density at radius 1 is 1.06 bits per heavy atom. The molecule has 0 saturated heterocycles. The largest absolute Gasteiger partial charge is 0.506 e. The molecule has 2 rings (SSSR count). The third-order valence-corrected chi connectivity index (χ3v) is 3.32. The summed E-state index contributed by atoms with van der Waals surface area (Å²) in [5.41, 5.74) is 4.68. The van der Waals surface area contributed by atoms with Crippen molar-refractivity contribution >= 4 is 17.3 Å². The van der Waals surface area contributed by atoms with Gasteiger partial charge in [-0.15, -0.1) is 0 Å². The Kier molecular flexibility index (Phi) is 3.78. The van der Waals surface area contributed by atoms with Gasteiger partial charge in [-0.05, 0) is 54.8 Å². The molecule has 0 unspecified atom stereocenters. The number of nitrogens with one attached hydrogen (secondary N) is 1. The van der Waals surface area contributed by atoms with E-state index >= 15 is 0 Å². The quantitative estimate of drug-likeness (QED) is 0.865. The van der Waals surface area contributed by atoms with Crippen LogP contribution in [0.2, 0.25) is 5.02 Å². The minimum Gasteiger partial charge on any atom is -0.506 e. The highest BCUT2D eigenvalue weighted by molar-refractivity contribution is 6.32. The van der Waals surface area contributed by atoms with Crippen molar-refractivity contribution in [3.63, 3.8) is 0 Å². The minimum atomic E-state index is 0.117. The maximum Gasteiger partial charge on any atom is 0.134 e. The molecule has 0 aliphatic rings. The van der Waals surface area contributed by atoms with Gasteiger partial charge in [-0.1, -0.05) is 23.7 Å². The molecule has 0 bridgehead atoms. The number of hydrogen-bond acceptors (Lipinski definition) is 2. The molecule has 0 aromatic heterocycles. The molecule has 0 aliphatic heterocycles. The first-order valence-corrected chi connectivity index (χ1v) is 6.22. The highest BCUT2D eigenvalue weighted by Crippen LogP contribution is 2.24. The van der Waals surface area contributed by atoms with E-state index in [9.17, 15) is 5.11 Å². The second-order valence-corrected chi connectivity index (χ2v) is 4.85. The number of benzene rings is 2. The molecule has 3 heteroatoms. The summed E-state index contributed by atoms with van der Waals surface area (Å²) in [5.74, 6) is 0.117. The zero-order valence-corrected chi connectivity index (χ0v) is 11.3. The second-order valence-electron chi connectivity index (χ2n) is 4.44. The maximum atomic E-state index is 9.34. The Bertz CT molecular complexity index is 515. The van der Waals surface area contributed by atoms with Gasteiger partial charge in [0.2, 0.25) is 0 Å². The van der Waals surface area contributed by atoms with Gasteiger partial charge < -0.3 is 10.4 Å². The fraction of sp³-hybridized carbons (Fsp3) is 0.200. The first kappa shape index (κ1) is 12.8. The van der Waals surface area contributed by atoms with Gasteiger partial charge in [0.1, 0.15) is 5.75 Å². The van der Waals surface area contributed by atoms with Crippen LogP contribution in [0.25, 0.3) is 0 Å². The minimum absolute atomic E-state index is 0.117. The van der Waals surface area contributed by atoms with Crippen molar-refractivity contribution in [1.82, 2.24) is 0 Å². The molecule has 0 heterocycles. The molecule has 0 spiro atoms. The molecule has 2 nitrogen and oxygen atoms in total. The van der Waals surface area contributed by atoms with Crippen LogP contribution in [0.1, 0.15) is 16.7 Å². The lowest BCUT2D eigenvalue weighted by Crippen LogP contribution is -1.99. The van der Waals surface area contributed by atoms with Crippen LogP contribution in [0.3, 0.4) is 0 Å². The molecule has 2 N–H and O–H groups in total. The van der Waals surface area contributed by atoms with Crippen LogP contribution in [0, 0.1) is 13.8 Å². The van der Waals surface area contributed by atoms with Gasteiger partial charge in [0.05, 0.1) is 5.02 Å². The Labute approximate surface area is 112 Å². The molecule has 0 aliphatic carbocycles. The van der Waals surface area contributed by atoms with Crippen molar-refractivity contribution in [1.29, 1.82) is 0 Å². The molecule has 0 saturated carbocycles. The first-order chi connectivity index (χ1) is 8.56. The van der Waals surface area contributed by atoms with Crippen LogP contribution in [0.5, 0.6) is 5.75 Å². The number of phenols is 1. The zero-order valence-electron chi connectivity index (χ0n) is 10.5. The number of aryl methyl sites for hydroxylation is 2. The van der Waals surface area contributed by atoms with E-state index in [0.717, 1.165) is 11.3 Å². The third kappa shape index (κ3) is 2.96. The second kappa shape index (κ2) is 5.32. The van der Waals surface area contributed by atoms with E-state index in [1.165, 1.54) is 11.1 Å². The van der Waals surface area contributed by atoms with Crippen molar-refractivity contribution in [3.8, 4) is 5.75 Å². The molecule has 0 atom stereocenters. The summed E-state index contributed by atoms with van der Waals surface area (Å²) < 4.78 is 0. The highest BCUT2D eigenvalue weighted by atomic mass is 35.5. The van der Waals surface area contributed by atoms with E-state index in [1.54, 1.807) is 12.1 Å². The molecular weight excluding hydrogens is 246 g/mol. The normalized spacial score (nSPS) is 10.4. The summed E-state index contributed by atoms with van der Waals surface area (Å²) in [4.78, 5) is 0. The summed E-state index contributed by atoms with van der Waals surface area (Å²) in [6.45, 7) is 4.87. The molecule has 2 aromatic carbocycles. The SMILES string of the molecule is Cc1ccc(NCc2ccc(O)c(Cl)c2)cc1C. The average molecular weight is 262 g/mol. The van der Waals surface area contributed by atoms with Gasteiger partial charge in [-0.2, -0.15) is 0 Å². The van der Waals surface area contributed by atoms with E-state index in [1.807, 2.05) is 6.07 Å². The lowest BCUT2D eigenvalue weighted by molar-refractivity contribution is 0.475. The smallest absolute Gasteiger partial charge is 0.134 e. The van der Waals surface area contributed by atoms with Crippen molar-refractivity contribution in [2.24, 2.45) is 0 Å². The molecule has 0 amide bonds. The number of halogens is 1. The molecular formula is C15H16ClNO. The van der Waals surface area contributed by atoms with Crippen LogP contribution in [0.15, 0.2) is 36.4 Å². The summed E-state index contributed by atoms with van der Waals surface area (Å²) >= 11 is 5.86. The van der Waals surface area contributed by atoms with Crippen LogP contribution < -0.4 is 5.32 Å². The first-order valence-electron chi connectivity index (χ1n) is 5.85. The van der Waals surface area contributed by atoms with Crippen LogP contribution in [-0.2, 0) is 6.54 Å². The van der Waals surface area contributed by atoms with E-state index in [0.29, 0.717) is 11.6 Å². The third-order valence-electron chi connectivity index (χ3n) is 3.02. The van der Waals surface area contributed by atoms with Gasteiger partial charge >= 0.3 is 0 Å². The predicted molar refractivity (Wildman–Crippen MR) is 76.4 cm³/mol. The molecule has 2 aromatic rings. The highest BCUT2D eigenvalue weighted by Gasteiger charge is 2.01. The van der Waals surface area contributed by atoms with Gasteiger partial charge in [0.25, 0.3) is 0 Å². The van der Waals surface area contributed by atoms with Crippen molar-refractivity contribution < 1.29 is 5.11 Å². The summed E-state index contributed by atoms with van der Waals surface area (Å²) in [7, 11) is 0. The molecule has 0 radical (unpaired) electrons. The summed E-state index contributed by atoms with van der Waals surface area (Å²) in [6, 6.07) is 11.5. The van der Waals surface area contributed by atoms with Gasteiger partial charge in [0.15, 0.2) is 0 Å². The predicted octanol–water partition coefficient (Wildman–Crippen LogP) is 4.27. The number of hydrogen-bond donors (Lipinski definition) is 2. The lowest BCUT2D eigenvalue weighted by atomic mass is 10.1. The number of phenolic OH excluding ortho intramolecular Hbond substituents is 1. The van der Waals surface area contributed by atoms with Gasteiger partial charge in [-0.3, -0.25) is 0 Å². The Hall–Kier alpha value is -1.67. The maximum absolute atomic E-state index is 9.34. The van der Waals surface area contributed by atoms with E-state index < -0.39 is 0 Å². The molecule has 0 fully saturated rings. The van der Waals surface area contributed by atoms with Crippen molar-refractivity contribution in [2.45, 2.75) is 20.4 Å². The summed E-state index contributed by atoms with van der Waals surface area (Å²) in [5, 5.41) is 13.1. The zero-order chi connectivity index (χ0) is 13.1. The standard InChI is InChI=1S/C15H16ClNO/c1-10-3-5-13(7-11(10)2)17-9-12-4-6-15(18)14(16)8-12/h3-8,17-18H,9H2,1-2H3. The van der Waals surface area contributed by atoms with Crippen LogP contribution in [0.4, 0.5) is 5.69 Å². The Balaban J connectivity index is 2.06. The van der Waals surface area contributed by atoms with Crippen LogP contribution >= 0.6 is 11.6 Å². The monoisotopic (exact) mass is 261 g/mol. The van der Waals surface area contributed by atoms with Crippen molar-refractivity contribution in [3.05, 3.63) is 58.1 Å². The van der Waals surface area contributed by atoms with Gasteiger partial charge in [-0.25, -0.2) is 0 Å². The fourth-order valence-corrected chi connectivity index (χ4v) is 1.92.